The van der Waals surface area contributed by atoms with Gasteiger partial charge in [0, 0.05) is 40.1 Å². The van der Waals surface area contributed by atoms with Crippen LogP contribution in [-0.4, -0.2) is 0 Å². The number of hydrogen-bond donors (Lipinski definition) is 0. The highest BCUT2D eigenvalue weighted by Crippen LogP contribution is 2.28. The lowest BCUT2D eigenvalue weighted by Gasteiger charge is -2.05. The number of halogens is 4. The molecule has 2 aromatic carbocycles. The lowest BCUT2D eigenvalue weighted by atomic mass is 10.1. The molecule has 0 atom stereocenters. The Labute approximate surface area is 150 Å². The first-order valence-corrected chi connectivity index (χ1v) is 8.74. The summed E-state index contributed by atoms with van der Waals surface area (Å²) in [7, 11) is 0. The first-order valence-electron chi connectivity index (χ1n) is 5.57. The van der Waals surface area contributed by atoms with Crippen molar-refractivity contribution >= 4 is 63.7 Å². The van der Waals surface area contributed by atoms with E-state index in [0.29, 0.717) is 0 Å². The minimum Gasteiger partial charge on any atom is -0.0604 e. The van der Waals surface area contributed by atoms with Crippen molar-refractivity contribution in [1.29, 1.82) is 0 Å². The Morgan fingerprint density at radius 3 is 0.850 bits per heavy atom. The molecular formula is C16H4Br4. The van der Waals surface area contributed by atoms with Crippen LogP contribution in [-0.2, 0) is 0 Å². The van der Waals surface area contributed by atoms with Crippen LogP contribution >= 0.6 is 63.7 Å². The molecule has 4 heteroatoms. The lowest BCUT2D eigenvalue weighted by Crippen LogP contribution is -1.89. The Hall–Kier alpha value is -0.520. The topological polar surface area (TPSA) is 0 Å². The molecule has 0 N–H and O–H groups in total. The Balaban J connectivity index is 2.39. The normalized spacial score (nSPS) is 11.0. The summed E-state index contributed by atoms with van der Waals surface area (Å²) in [6.45, 7) is 0. The van der Waals surface area contributed by atoms with Crippen molar-refractivity contribution in [2.75, 3.05) is 0 Å². The number of hydrogen-bond acceptors (Lipinski definition) is 0. The van der Waals surface area contributed by atoms with Gasteiger partial charge in [0.2, 0.25) is 0 Å². The van der Waals surface area contributed by atoms with Crippen LogP contribution in [0.1, 0.15) is 22.3 Å². The van der Waals surface area contributed by atoms with Gasteiger partial charge in [-0.1, -0.05) is 23.7 Å². The van der Waals surface area contributed by atoms with Gasteiger partial charge in [-0.2, -0.15) is 0 Å². The maximum Gasteiger partial charge on any atom is 0.0403 e. The first kappa shape index (κ1) is 14.4. The van der Waals surface area contributed by atoms with E-state index in [2.05, 4.69) is 87.4 Å². The van der Waals surface area contributed by atoms with Crippen molar-refractivity contribution < 1.29 is 0 Å². The molecule has 0 aliphatic heterocycles. The third-order valence-corrected chi connectivity index (χ3v) is 5.40. The molecule has 96 valence electrons. The highest BCUT2D eigenvalue weighted by atomic mass is 79.9. The summed E-state index contributed by atoms with van der Waals surface area (Å²) in [5.74, 6) is 12.7. The summed E-state index contributed by atoms with van der Waals surface area (Å²) >= 11 is 14.2. The largest absolute Gasteiger partial charge is 0.0604 e. The van der Waals surface area contributed by atoms with Crippen LogP contribution in [0.5, 0.6) is 0 Å². The van der Waals surface area contributed by atoms with Gasteiger partial charge in [-0.25, -0.2) is 0 Å². The summed E-state index contributed by atoms with van der Waals surface area (Å²) in [6.07, 6.45) is 0. The molecule has 4 aliphatic carbocycles. The van der Waals surface area contributed by atoms with Crippen LogP contribution in [0.2, 0.25) is 0 Å². The molecule has 0 aromatic heterocycles. The quantitative estimate of drug-likeness (QED) is 0.330. The second-order valence-corrected chi connectivity index (χ2v) is 7.54. The second kappa shape index (κ2) is 5.70. The fourth-order valence-corrected chi connectivity index (χ4v) is 3.52. The molecule has 0 nitrogen and oxygen atoms in total. The van der Waals surface area contributed by atoms with Crippen molar-refractivity contribution in [3.8, 4) is 23.7 Å². The molecule has 2 aromatic rings. The van der Waals surface area contributed by atoms with Gasteiger partial charge in [0.05, 0.1) is 0 Å². The van der Waals surface area contributed by atoms with Gasteiger partial charge < -0.3 is 0 Å². The summed E-state index contributed by atoms with van der Waals surface area (Å²) in [5.41, 5.74) is 3.70. The van der Waals surface area contributed by atoms with E-state index in [9.17, 15) is 0 Å². The summed E-state index contributed by atoms with van der Waals surface area (Å²) in [4.78, 5) is 0. The van der Waals surface area contributed by atoms with Gasteiger partial charge in [0.15, 0.2) is 0 Å². The molecule has 0 heterocycles. The van der Waals surface area contributed by atoms with E-state index in [1.165, 1.54) is 0 Å². The first-order chi connectivity index (χ1) is 9.54. The SMILES string of the molecule is Brc1cc2c(Br)cc1C#Cc1cc(Br)c(cc1Br)C#C2. The van der Waals surface area contributed by atoms with Gasteiger partial charge >= 0.3 is 0 Å². The zero-order valence-corrected chi connectivity index (χ0v) is 16.2. The molecule has 4 bridgehead atoms. The molecule has 0 fully saturated rings. The summed E-state index contributed by atoms with van der Waals surface area (Å²) in [5, 5.41) is 0. The van der Waals surface area contributed by atoms with Crippen LogP contribution in [0.25, 0.3) is 0 Å². The van der Waals surface area contributed by atoms with Crippen LogP contribution in [0.4, 0.5) is 0 Å². The predicted molar refractivity (Wildman–Crippen MR) is 95.6 cm³/mol. The average Bonchev–Trinajstić information content (AvgIpc) is 2.40. The fourth-order valence-electron chi connectivity index (χ4n) is 1.75. The molecule has 0 amide bonds. The number of rotatable bonds is 0. The van der Waals surface area contributed by atoms with Crippen LogP contribution in [0.3, 0.4) is 0 Å². The molecule has 0 saturated carbocycles. The van der Waals surface area contributed by atoms with Gasteiger partial charge in [0.1, 0.15) is 0 Å². The molecule has 0 spiro atoms. The summed E-state index contributed by atoms with van der Waals surface area (Å²) < 4.78 is 3.79. The highest BCUT2D eigenvalue weighted by Gasteiger charge is 2.07. The van der Waals surface area contributed by atoms with E-state index in [0.717, 1.165) is 40.1 Å². The van der Waals surface area contributed by atoms with Crippen LogP contribution < -0.4 is 0 Å². The Morgan fingerprint density at radius 2 is 0.650 bits per heavy atom. The fraction of sp³-hybridized carbons (Fsp3) is 0. The van der Waals surface area contributed by atoms with Crippen molar-refractivity contribution in [2.24, 2.45) is 0 Å². The second-order valence-electron chi connectivity index (χ2n) is 4.12. The third-order valence-electron chi connectivity index (χ3n) is 2.78. The van der Waals surface area contributed by atoms with Crippen molar-refractivity contribution in [3.63, 3.8) is 0 Å². The minimum atomic E-state index is 0.926. The monoisotopic (exact) mass is 512 g/mol. The van der Waals surface area contributed by atoms with Crippen LogP contribution in [0, 0.1) is 23.7 Å². The summed E-state index contributed by atoms with van der Waals surface area (Å²) in [6, 6.07) is 7.94. The molecule has 20 heavy (non-hydrogen) atoms. The van der Waals surface area contributed by atoms with Crippen molar-refractivity contribution in [1.82, 2.24) is 0 Å². The van der Waals surface area contributed by atoms with Crippen LogP contribution in [0.15, 0.2) is 42.2 Å². The maximum absolute atomic E-state index is 3.54. The van der Waals surface area contributed by atoms with E-state index < -0.39 is 0 Å². The smallest absolute Gasteiger partial charge is 0.0403 e. The molecular weight excluding hydrogens is 512 g/mol. The average molecular weight is 516 g/mol. The van der Waals surface area contributed by atoms with Crippen molar-refractivity contribution in [2.45, 2.75) is 0 Å². The van der Waals surface area contributed by atoms with Gasteiger partial charge in [-0.05, 0) is 88.0 Å². The highest BCUT2D eigenvalue weighted by molar-refractivity contribution is 9.11. The van der Waals surface area contributed by atoms with E-state index in [1.54, 1.807) is 0 Å². The Morgan fingerprint density at radius 1 is 0.450 bits per heavy atom. The van der Waals surface area contributed by atoms with E-state index in [4.69, 9.17) is 0 Å². The molecule has 6 rings (SSSR count). The van der Waals surface area contributed by atoms with Gasteiger partial charge in [-0.3, -0.25) is 0 Å². The zero-order valence-electron chi connectivity index (χ0n) is 9.82. The van der Waals surface area contributed by atoms with Gasteiger partial charge in [0.25, 0.3) is 0 Å². The molecule has 4 aliphatic rings. The number of benzene rings is 2. The van der Waals surface area contributed by atoms with E-state index >= 15 is 0 Å². The Kier molecular flexibility index (Phi) is 4.11. The molecule has 0 radical (unpaired) electrons. The van der Waals surface area contributed by atoms with Crippen molar-refractivity contribution in [3.05, 3.63) is 64.4 Å². The third kappa shape index (κ3) is 2.76. The molecule has 0 saturated heterocycles. The van der Waals surface area contributed by atoms with E-state index in [-0.39, 0.29) is 0 Å². The minimum absolute atomic E-state index is 0.926. The van der Waals surface area contributed by atoms with E-state index in [1.807, 2.05) is 24.3 Å². The van der Waals surface area contributed by atoms with Gasteiger partial charge in [-0.15, -0.1) is 0 Å². The standard InChI is InChI=1S/C16H4Br4/c17-13-7-11-3-4-12-8-15(19)10(6-16(12)20)2-1-9(13)5-14(11)18/h5-8H. The predicted octanol–water partition coefficient (Wildman–Crippen LogP) is 5.85. The molecule has 0 unspecified atom stereocenters. The maximum atomic E-state index is 3.54. The Bertz CT molecular complexity index is 717. The lowest BCUT2D eigenvalue weighted by molar-refractivity contribution is 1.48. The zero-order chi connectivity index (χ0) is 14.3.